The molecule has 2 aromatic rings. The Morgan fingerprint density at radius 2 is 2.21 bits per heavy atom. The SMILES string of the molecule is CC(C)(O)Cc1cnc2n[nH]nc2c1. The van der Waals surface area contributed by atoms with Crippen LogP contribution >= 0.6 is 0 Å². The summed E-state index contributed by atoms with van der Waals surface area (Å²) in [5, 5.41) is 19.9. The van der Waals surface area contributed by atoms with Gasteiger partial charge in [-0.15, -0.1) is 5.10 Å². The second kappa shape index (κ2) is 3.02. The number of fused-ring (bicyclic) bond motifs is 1. The van der Waals surface area contributed by atoms with Crippen molar-refractivity contribution < 1.29 is 5.11 Å². The Morgan fingerprint density at radius 1 is 1.43 bits per heavy atom. The van der Waals surface area contributed by atoms with Gasteiger partial charge in [-0.3, -0.25) is 0 Å². The first kappa shape index (κ1) is 9.08. The van der Waals surface area contributed by atoms with Crippen molar-refractivity contribution in [2.45, 2.75) is 25.9 Å². The number of pyridine rings is 1. The van der Waals surface area contributed by atoms with E-state index in [9.17, 15) is 5.11 Å². The van der Waals surface area contributed by atoms with Gasteiger partial charge in [0.2, 0.25) is 5.65 Å². The zero-order valence-corrected chi connectivity index (χ0v) is 8.15. The highest BCUT2D eigenvalue weighted by molar-refractivity contribution is 5.68. The number of rotatable bonds is 2. The highest BCUT2D eigenvalue weighted by Crippen LogP contribution is 2.14. The maximum atomic E-state index is 9.62. The third-order valence-electron chi connectivity index (χ3n) is 1.87. The summed E-state index contributed by atoms with van der Waals surface area (Å²) in [7, 11) is 0. The summed E-state index contributed by atoms with van der Waals surface area (Å²) in [6, 6.07) is 1.88. The summed E-state index contributed by atoms with van der Waals surface area (Å²) in [5.74, 6) is 0. The second-order valence-electron chi connectivity index (χ2n) is 4.00. The van der Waals surface area contributed by atoms with Crippen molar-refractivity contribution in [3.8, 4) is 0 Å². The molecule has 2 N–H and O–H groups in total. The van der Waals surface area contributed by atoms with Crippen molar-refractivity contribution in [2.24, 2.45) is 0 Å². The molecule has 0 aromatic carbocycles. The standard InChI is InChI=1S/C9H12N4O/c1-9(2,14)4-6-3-7-8(10-5-6)12-13-11-7/h3,5,14H,4H2,1-2H3,(H,10,11,12,13). The molecule has 0 bridgehead atoms. The average molecular weight is 192 g/mol. The van der Waals surface area contributed by atoms with Gasteiger partial charge in [-0.25, -0.2) is 4.98 Å². The Bertz CT molecular complexity index is 443. The van der Waals surface area contributed by atoms with Crippen LogP contribution in [0, 0.1) is 0 Å². The number of hydrogen-bond acceptors (Lipinski definition) is 4. The van der Waals surface area contributed by atoms with Crippen molar-refractivity contribution in [1.82, 2.24) is 20.4 Å². The first-order valence-electron chi connectivity index (χ1n) is 4.42. The summed E-state index contributed by atoms with van der Waals surface area (Å²) in [6.45, 7) is 3.53. The molecule has 2 rings (SSSR count). The number of H-pyrrole nitrogens is 1. The minimum Gasteiger partial charge on any atom is -0.390 e. The van der Waals surface area contributed by atoms with E-state index in [1.807, 2.05) is 6.07 Å². The van der Waals surface area contributed by atoms with Crippen LogP contribution in [0.3, 0.4) is 0 Å². The lowest BCUT2D eigenvalue weighted by molar-refractivity contribution is 0.0809. The molecule has 0 saturated heterocycles. The lowest BCUT2D eigenvalue weighted by Gasteiger charge is -2.16. The minimum absolute atomic E-state index is 0.558. The number of aromatic amines is 1. The summed E-state index contributed by atoms with van der Waals surface area (Å²) >= 11 is 0. The predicted molar refractivity (Wildman–Crippen MR) is 51.7 cm³/mol. The van der Waals surface area contributed by atoms with Crippen LogP contribution in [-0.4, -0.2) is 31.1 Å². The molecular formula is C9H12N4O. The number of nitrogens with one attached hydrogen (secondary N) is 1. The summed E-state index contributed by atoms with van der Waals surface area (Å²) in [6.07, 6.45) is 2.27. The summed E-state index contributed by atoms with van der Waals surface area (Å²) < 4.78 is 0. The Kier molecular flexibility index (Phi) is 1.96. The van der Waals surface area contributed by atoms with E-state index in [4.69, 9.17) is 0 Å². The van der Waals surface area contributed by atoms with Gasteiger partial charge in [-0.05, 0) is 25.5 Å². The Labute approximate surface area is 81.2 Å². The van der Waals surface area contributed by atoms with Gasteiger partial charge < -0.3 is 5.11 Å². The van der Waals surface area contributed by atoms with Crippen LogP contribution in [-0.2, 0) is 6.42 Å². The number of aliphatic hydroxyl groups is 1. The van der Waals surface area contributed by atoms with E-state index in [0.717, 1.165) is 11.1 Å². The molecule has 0 unspecified atom stereocenters. The van der Waals surface area contributed by atoms with Crippen LogP contribution in [0.15, 0.2) is 12.3 Å². The fourth-order valence-electron chi connectivity index (χ4n) is 1.38. The molecule has 2 heterocycles. The molecule has 5 heteroatoms. The molecule has 0 aliphatic heterocycles. The molecule has 0 aliphatic carbocycles. The first-order chi connectivity index (χ1) is 6.54. The quantitative estimate of drug-likeness (QED) is 0.733. The van der Waals surface area contributed by atoms with Gasteiger partial charge in [-0.2, -0.15) is 10.3 Å². The lowest BCUT2D eigenvalue weighted by atomic mass is 10.0. The molecule has 0 radical (unpaired) electrons. The van der Waals surface area contributed by atoms with Crippen molar-refractivity contribution in [2.75, 3.05) is 0 Å². The van der Waals surface area contributed by atoms with Gasteiger partial charge in [0, 0.05) is 12.6 Å². The highest BCUT2D eigenvalue weighted by Gasteiger charge is 2.14. The zero-order valence-electron chi connectivity index (χ0n) is 8.15. The first-order valence-corrected chi connectivity index (χ1v) is 4.42. The largest absolute Gasteiger partial charge is 0.390 e. The molecule has 0 spiro atoms. The van der Waals surface area contributed by atoms with Crippen LogP contribution in [0.4, 0.5) is 0 Å². The smallest absolute Gasteiger partial charge is 0.201 e. The maximum Gasteiger partial charge on any atom is 0.201 e. The predicted octanol–water partition coefficient (Wildman–Crippen LogP) is 0.666. The molecule has 0 amide bonds. The van der Waals surface area contributed by atoms with Crippen molar-refractivity contribution in [1.29, 1.82) is 0 Å². The normalized spacial score (nSPS) is 12.2. The number of hydrogen-bond donors (Lipinski definition) is 2. The van der Waals surface area contributed by atoms with E-state index >= 15 is 0 Å². The van der Waals surface area contributed by atoms with Crippen LogP contribution in [0.1, 0.15) is 19.4 Å². The number of nitrogens with zero attached hydrogens (tertiary/aromatic N) is 3. The Balaban J connectivity index is 2.35. The molecule has 0 atom stereocenters. The van der Waals surface area contributed by atoms with E-state index in [1.54, 1.807) is 20.0 Å². The topological polar surface area (TPSA) is 74.7 Å². The number of aromatic nitrogens is 4. The third-order valence-corrected chi connectivity index (χ3v) is 1.87. The fraction of sp³-hybridized carbons (Fsp3) is 0.444. The minimum atomic E-state index is -0.723. The highest BCUT2D eigenvalue weighted by atomic mass is 16.3. The molecular weight excluding hydrogens is 180 g/mol. The van der Waals surface area contributed by atoms with E-state index < -0.39 is 5.60 Å². The molecule has 5 nitrogen and oxygen atoms in total. The van der Waals surface area contributed by atoms with Crippen molar-refractivity contribution >= 4 is 11.2 Å². The van der Waals surface area contributed by atoms with Gasteiger partial charge in [0.25, 0.3) is 0 Å². The van der Waals surface area contributed by atoms with Gasteiger partial charge in [0.15, 0.2) is 0 Å². The molecule has 0 saturated carbocycles. The zero-order chi connectivity index (χ0) is 10.2. The van der Waals surface area contributed by atoms with Crippen LogP contribution in [0.2, 0.25) is 0 Å². The van der Waals surface area contributed by atoms with E-state index in [0.29, 0.717) is 12.1 Å². The van der Waals surface area contributed by atoms with E-state index in [2.05, 4.69) is 20.4 Å². The Hall–Kier alpha value is -1.49. The van der Waals surface area contributed by atoms with Crippen molar-refractivity contribution in [3.05, 3.63) is 17.8 Å². The van der Waals surface area contributed by atoms with E-state index in [1.165, 1.54) is 0 Å². The van der Waals surface area contributed by atoms with Crippen LogP contribution in [0.25, 0.3) is 11.2 Å². The van der Waals surface area contributed by atoms with Gasteiger partial charge in [0.05, 0.1) is 5.60 Å². The summed E-state index contributed by atoms with van der Waals surface area (Å²) in [4.78, 5) is 4.11. The van der Waals surface area contributed by atoms with Crippen LogP contribution in [0.5, 0.6) is 0 Å². The second-order valence-corrected chi connectivity index (χ2v) is 4.00. The molecule has 14 heavy (non-hydrogen) atoms. The third kappa shape index (κ3) is 1.88. The van der Waals surface area contributed by atoms with Crippen molar-refractivity contribution in [3.63, 3.8) is 0 Å². The van der Waals surface area contributed by atoms with Gasteiger partial charge in [-0.1, -0.05) is 0 Å². The Morgan fingerprint density at radius 3 is 2.93 bits per heavy atom. The van der Waals surface area contributed by atoms with Crippen LogP contribution < -0.4 is 0 Å². The molecule has 2 aromatic heterocycles. The molecule has 0 aliphatic rings. The summed E-state index contributed by atoms with van der Waals surface area (Å²) in [5.41, 5.74) is 1.56. The van der Waals surface area contributed by atoms with E-state index in [-0.39, 0.29) is 0 Å². The average Bonchev–Trinajstić information content (AvgIpc) is 2.47. The monoisotopic (exact) mass is 192 g/mol. The molecule has 0 fully saturated rings. The van der Waals surface area contributed by atoms with Gasteiger partial charge >= 0.3 is 0 Å². The van der Waals surface area contributed by atoms with Gasteiger partial charge in [0.1, 0.15) is 5.52 Å². The lowest BCUT2D eigenvalue weighted by Crippen LogP contribution is -2.21. The molecule has 74 valence electrons. The maximum absolute atomic E-state index is 9.62. The fourth-order valence-corrected chi connectivity index (χ4v) is 1.38.